The number of aryl methyl sites for hydroxylation is 1. The molecule has 0 unspecified atom stereocenters. The molecule has 2 rings (SSSR count). The molecular formula is C13H14FNO2S. The van der Waals surface area contributed by atoms with Crippen LogP contribution in [-0.2, 0) is 9.47 Å². The van der Waals surface area contributed by atoms with Crippen LogP contribution in [0.4, 0.5) is 4.39 Å². The van der Waals surface area contributed by atoms with E-state index >= 15 is 0 Å². The second-order valence-electron chi connectivity index (χ2n) is 3.84. The number of nitrogens with zero attached hydrogens (tertiary/aromatic N) is 1. The van der Waals surface area contributed by atoms with Gasteiger partial charge in [-0.2, -0.15) is 0 Å². The summed E-state index contributed by atoms with van der Waals surface area (Å²) in [5.41, 5.74) is 2.23. The van der Waals surface area contributed by atoms with Crippen LogP contribution >= 0.6 is 11.3 Å². The highest BCUT2D eigenvalue weighted by molar-refractivity contribution is 7.13. The molecule has 3 nitrogen and oxygen atoms in total. The van der Waals surface area contributed by atoms with Crippen LogP contribution in [0.1, 0.15) is 17.5 Å². The van der Waals surface area contributed by atoms with Gasteiger partial charge in [0.15, 0.2) is 0 Å². The van der Waals surface area contributed by atoms with E-state index in [1.54, 1.807) is 33.3 Å². The zero-order valence-electron chi connectivity index (χ0n) is 10.4. The van der Waals surface area contributed by atoms with Crippen molar-refractivity contribution in [1.29, 1.82) is 0 Å². The number of thiazole rings is 1. The molecule has 0 aliphatic carbocycles. The molecular weight excluding hydrogens is 253 g/mol. The summed E-state index contributed by atoms with van der Waals surface area (Å²) >= 11 is 1.48. The van der Waals surface area contributed by atoms with Crippen molar-refractivity contribution in [3.05, 3.63) is 40.7 Å². The number of benzene rings is 1. The van der Waals surface area contributed by atoms with Crippen LogP contribution in [0.2, 0.25) is 0 Å². The number of aromatic nitrogens is 1. The number of hydrogen-bond acceptors (Lipinski definition) is 4. The first-order chi connectivity index (χ1) is 8.65. The molecule has 0 bridgehead atoms. The molecule has 0 atom stereocenters. The summed E-state index contributed by atoms with van der Waals surface area (Å²) < 4.78 is 23.5. The maximum absolute atomic E-state index is 13.2. The fourth-order valence-electron chi connectivity index (χ4n) is 1.64. The lowest BCUT2D eigenvalue weighted by Gasteiger charge is -2.09. The Morgan fingerprint density at radius 3 is 2.61 bits per heavy atom. The first-order valence-electron chi connectivity index (χ1n) is 5.43. The lowest BCUT2D eigenvalue weighted by Crippen LogP contribution is -2.03. The van der Waals surface area contributed by atoms with Gasteiger partial charge in [0.05, 0.1) is 0 Å². The molecule has 18 heavy (non-hydrogen) atoms. The minimum absolute atomic E-state index is 0.206. The quantitative estimate of drug-likeness (QED) is 0.794. The summed E-state index contributed by atoms with van der Waals surface area (Å²) in [6.07, 6.45) is -0.462. The Kier molecular flexibility index (Phi) is 4.06. The Bertz CT molecular complexity index is 538. The third-order valence-corrected chi connectivity index (χ3v) is 3.51. The Labute approximate surface area is 109 Å². The lowest BCUT2D eigenvalue weighted by molar-refractivity contribution is -0.108. The molecule has 0 radical (unpaired) electrons. The molecule has 0 aliphatic rings. The highest BCUT2D eigenvalue weighted by Gasteiger charge is 2.14. The van der Waals surface area contributed by atoms with E-state index < -0.39 is 6.29 Å². The number of methoxy groups -OCH3 is 2. The summed E-state index contributed by atoms with van der Waals surface area (Å²) in [4.78, 5) is 4.44. The second kappa shape index (κ2) is 5.56. The van der Waals surface area contributed by atoms with Gasteiger partial charge in [0, 0.05) is 25.2 Å². The summed E-state index contributed by atoms with van der Waals surface area (Å²) in [6, 6.07) is 4.96. The molecule has 0 saturated carbocycles. The molecule has 0 saturated heterocycles. The smallest absolute Gasteiger partial charge is 0.201 e. The molecule has 1 heterocycles. The highest BCUT2D eigenvalue weighted by atomic mass is 32.1. The van der Waals surface area contributed by atoms with Gasteiger partial charge in [-0.15, -0.1) is 11.3 Å². The van der Waals surface area contributed by atoms with E-state index in [4.69, 9.17) is 9.47 Å². The minimum Gasteiger partial charge on any atom is -0.350 e. The first-order valence-corrected chi connectivity index (χ1v) is 6.31. The van der Waals surface area contributed by atoms with Gasteiger partial charge >= 0.3 is 0 Å². The van der Waals surface area contributed by atoms with Crippen LogP contribution in [0, 0.1) is 12.7 Å². The van der Waals surface area contributed by atoms with Gasteiger partial charge < -0.3 is 9.47 Å². The average Bonchev–Trinajstić information content (AvgIpc) is 2.84. The predicted octanol–water partition coefficient (Wildman–Crippen LogP) is 3.55. The first kappa shape index (κ1) is 13.1. The second-order valence-corrected chi connectivity index (χ2v) is 4.70. The highest BCUT2D eigenvalue weighted by Crippen LogP contribution is 2.28. The Morgan fingerprint density at radius 2 is 2.00 bits per heavy atom. The van der Waals surface area contributed by atoms with Crippen LogP contribution in [0.5, 0.6) is 0 Å². The monoisotopic (exact) mass is 267 g/mol. The molecule has 1 aromatic heterocycles. The van der Waals surface area contributed by atoms with Crippen molar-refractivity contribution >= 4 is 11.3 Å². The Morgan fingerprint density at radius 1 is 1.28 bits per heavy atom. The number of rotatable bonds is 4. The van der Waals surface area contributed by atoms with Crippen molar-refractivity contribution in [1.82, 2.24) is 4.98 Å². The topological polar surface area (TPSA) is 31.4 Å². The molecule has 96 valence electrons. The number of ether oxygens (including phenoxy) is 2. The molecule has 1 aromatic carbocycles. The molecule has 5 heteroatoms. The predicted molar refractivity (Wildman–Crippen MR) is 69.0 cm³/mol. The van der Waals surface area contributed by atoms with Crippen molar-refractivity contribution in [2.24, 2.45) is 0 Å². The summed E-state index contributed by atoms with van der Waals surface area (Å²) in [6.45, 7) is 1.74. The standard InChI is InChI=1S/C13H14FNO2S/c1-8-6-9(4-5-10(8)14)12-15-11(7-18-12)13(16-2)17-3/h4-7,13H,1-3H3. The lowest BCUT2D eigenvalue weighted by atomic mass is 10.1. The molecule has 2 aromatic rings. The van der Waals surface area contributed by atoms with E-state index in [0.29, 0.717) is 5.56 Å². The van der Waals surface area contributed by atoms with E-state index in [2.05, 4.69) is 4.98 Å². The SMILES string of the molecule is COC(OC)c1csc(-c2ccc(F)c(C)c2)n1. The van der Waals surface area contributed by atoms with Gasteiger partial charge in [-0.3, -0.25) is 0 Å². The van der Waals surface area contributed by atoms with E-state index in [0.717, 1.165) is 16.3 Å². The maximum atomic E-state index is 13.2. The Hall–Kier alpha value is -1.30. The van der Waals surface area contributed by atoms with Gasteiger partial charge in [-0.25, -0.2) is 9.37 Å². The zero-order chi connectivity index (χ0) is 13.1. The van der Waals surface area contributed by atoms with Crippen molar-refractivity contribution < 1.29 is 13.9 Å². The molecule has 0 fully saturated rings. The van der Waals surface area contributed by atoms with Crippen molar-refractivity contribution in [3.8, 4) is 10.6 Å². The van der Waals surface area contributed by atoms with Crippen LogP contribution in [0.3, 0.4) is 0 Å². The normalized spacial score (nSPS) is 11.2. The van der Waals surface area contributed by atoms with Crippen molar-refractivity contribution in [3.63, 3.8) is 0 Å². The van der Waals surface area contributed by atoms with Gasteiger partial charge in [-0.1, -0.05) is 0 Å². The van der Waals surface area contributed by atoms with Crippen LogP contribution in [-0.4, -0.2) is 19.2 Å². The summed E-state index contributed by atoms with van der Waals surface area (Å²) in [5, 5.41) is 2.71. The molecule has 0 aliphatic heterocycles. The van der Waals surface area contributed by atoms with Gasteiger partial charge in [0.25, 0.3) is 0 Å². The third kappa shape index (κ3) is 2.58. The van der Waals surface area contributed by atoms with Gasteiger partial charge in [0.2, 0.25) is 6.29 Å². The zero-order valence-corrected chi connectivity index (χ0v) is 11.3. The number of hydrogen-bond donors (Lipinski definition) is 0. The van der Waals surface area contributed by atoms with E-state index in [1.165, 1.54) is 17.4 Å². The van der Waals surface area contributed by atoms with E-state index in [9.17, 15) is 4.39 Å². The van der Waals surface area contributed by atoms with Crippen LogP contribution in [0.25, 0.3) is 10.6 Å². The summed E-state index contributed by atoms with van der Waals surface area (Å²) in [7, 11) is 3.13. The molecule has 0 amide bonds. The molecule has 0 N–H and O–H groups in total. The largest absolute Gasteiger partial charge is 0.350 e. The maximum Gasteiger partial charge on any atom is 0.201 e. The molecule has 0 spiro atoms. The van der Waals surface area contributed by atoms with Crippen molar-refractivity contribution in [2.75, 3.05) is 14.2 Å². The minimum atomic E-state index is -0.462. The fourth-order valence-corrected chi connectivity index (χ4v) is 2.46. The Balaban J connectivity index is 2.31. The summed E-state index contributed by atoms with van der Waals surface area (Å²) in [5.74, 6) is -0.206. The van der Waals surface area contributed by atoms with E-state index in [1.807, 2.05) is 5.38 Å². The van der Waals surface area contributed by atoms with Gasteiger partial charge in [-0.05, 0) is 30.7 Å². The van der Waals surface area contributed by atoms with Crippen LogP contribution in [0.15, 0.2) is 23.6 Å². The van der Waals surface area contributed by atoms with E-state index in [-0.39, 0.29) is 5.82 Å². The fraction of sp³-hybridized carbons (Fsp3) is 0.308. The van der Waals surface area contributed by atoms with Gasteiger partial charge in [0.1, 0.15) is 16.5 Å². The van der Waals surface area contributed by atoms with Crippen molar-refractivity contribution in [2.45, 2.75) is 13.2 Å². The van der Waals surface area contributed by atoms with Crippen LogP contribution < -0.4 is 0 Å². The third-order valence-electron chi connectivity index (χ3n) is 2.60. The average molecular weight is 267 g/mol. The number of halogens is 1.